The SMILES string of the molecule is O=C(C=Cc1ccn(S(=O)(=O)c2ccc(-c3cccc(CN4CCOCC4)c3)cc2)c1)N(O)OC1CCCCO1. The summed E-state index contributed by atoms with van der Waals surface area (Å²) in [6, 6.07) is 16.6. The van der Waals surface area contributed by atoms with Crippen molar-refractivity contribution < 1.29 is 32.7 Å². The summed E-state index contributed by atoms with van der Waals surface area (Å²) in [5.74, 6) is -0.811. The van der Waals surface area contributed by atoms with E-state index < -0.39 is 22.2 Å². The van der Waals surface area contributed by atoms with Crippen LogP contribution >= 0.6 is 0 Å². The fourth-order valence-electron chi connectivity index (χ4n) is 4.64. The van der Waals surface area contributed by atoms with Crippen molar-refractivity contribution in [1.82, 2.24) is 14.1 Å². The van der Waals surface area contributed by atoms with E-state index in [1.165, 1.54) is 24.0 Å². The zero-order valence-electron chi connectivity index (χ0n) is 22.1. The third-order valence-corrected chi connectivity index (χ3v) is 8.50. The van der Waals surface area contributed by atoms with Crippen molar-refractivity contribution in [2.75, 3.05) is 32.9 Å². The molecule has 5 rings (SSSR count). The number of hydrogen-bond donors (Lipinski definition) is 1. The third-order valence-electron chi connectivity index (χ3n) is 6.85. The van der Waals surface area contributed by atoms with Gasteiger partial charge in [0.05, 0.1) is 18.1 Å². The van der Waals surface area contributed by atoms with Gasteiger partial charge in [0.25, 0.3) is 15.9 Å². The Morgan fingerprint density at radius 1 is 1.05 bits per heavy atom. The van der Waals surface area contributed by atoms with Gasteiger partial charge in [0.2, 0.25) is 0 Å². The Morgan fingerprint density at radius 2 is 1.85 bits per heavy atom. The number of carbonyl (C=O) groups is 1. The van der Waals surface area contributed by atoms with Crippen LogP contribution in [0.15, 0.2) is 78.0 Å². The summed E-state index contributed by atoms with van der Waals surface area (Å²) in [4.78, 5) is 19.8. The minimum Gasteiger partial charge on any atom is -0.379 e. The number of morpholine rings is 1. The summed E-state index contributed by atoms with van der Waals surface area (Å²) >= 11 is 0. The molecule has 0 radical (unpaired) electrons. The Hall–Kier alpha value is -3.32. The Labute approximate surface area is 233 Å². The van der Waals surface area contributed by atoms with Gasteiger partial charge in [0.1, 0.15) is 0 Å². The molecule has 0 bridgehead atoms. The molecule has 1 atom stereocenters. The molecule has 1 unspecified atom stereocenters. The molecule has 2 aliphatic rings. The van der Waals surface area contributed by atoms with Crippen molar-refractivity contribution in [1.29, 1.82) is 0 Å². The van der Waals surface area contributed by atoms with E-state index in [4.69, 9.17) is 14.3 Å². The van der Waals surface area contributed by atoms with E-state index in [2.05, 4.69) is 17.0 Å². The van der Waals surface area contributed by atoms with Gasteiger partial charge in [0, 0.05) is 51.1 Å². The number of rotatable bonds is 9. The first-order valence-electron chi connectivity index (χ1n) is 13.3. The largest absolute Gasteiger partial charge is 0.379 e. The third kappa shape index (κ3) is 7.05. The molecule has 1 aromatic heterocycles. The molecule has 3 heterocycles. The lowest BCUT2D eigenvalue weighted by atomic mass is 10.0. The molecule has 0 aliphatic carbocycles. The van der Waals surface area contributed by atoms with Gasteiger partial charge in [-0.1, -0.05) is 35.6 Å². The maximum atomic E-state index is 13.2. The van der Waals surface area contributed by atoms with Crippen LogP contribution in [0.1, 0.15) is 30.4 Å². The van der Waals surface area contributed by atoms with E-state index in [0.717, 1.165) is 66.9 Å². The van der Waals surface area contributed by atoms with Crippen LogP contribution < -0.4 is 0 Å². The summed E-state index contributed by atoms with van der Waals surface area (Å²) in [6.07, 6.45) is 7.00. The van der Waals surface area contributed by atoms with E-state index >= 15 is 0 Å². The number of amides is 1. The zero-order valence-corrected chi connectivity index (χ0v) is 22.9. The predicted molar refractivity (Wildman–Crippen MR) is 147 cm³/mol. The first-order valence-corrected chi connectivity index (χ1v) is 14.7. The van der Waals surface area contributed by atoms with Gasteiger partial charge >= 0.3 is 0 Å². The fraction of sp³-hybridized carbons (Fsp3) is 0.345. The lowest BCUT2D eigenvalue weighted by Crippen LogP contribution is -2.35. The molecular weight excluding hydrogens is 534 g/mol. The van der Waals surface area contributed by atoms with Crippen molar-refractivity contribution >= 4 is 22.0 Å². The zero-order chi connectivity index (χ0) is 28.0. The van der Waals surface area contributed by atoms with Gasteiger partial charge in [-0.3, -0.25) is 14.9 Å². The van der Waals surface area contributed by atoms with Gasteiger partial charge in [-0.2, -0.15) is 0 Å². The highest BCUT2D eigenvalue weighted by Crippen LogP contribution is 2.24. The normalized spacial score (nSPS) is 18.7. The molecule has 40 heavy (non-hydrogen) atoms. The van der Waals surface area contributed by atoms with Crippen molar-refractivity contribution in [2.24, 2.45) is 0 Å². The second-order valence-corrected chi connectivity index (χ2v) is 11.6. The number of nitrogens with zero attached hydrogens (tertiary/aromatic N) is 3. The molecule has 2 fully saturated rings. The summed E-state index contributed by atoms with van der Waals surface area (Å²) < 4.78 is 38.3. The average Bonchev–Trinajstić information content (AvgIpc) is 3.47. The van der Waals surface area contributed by atoms with Gasteiger partial charge in [-0.15, -0.1) is 0 Å². The fourth-order valence-corrected chi connectivity index (χ4v) is 5.84. The molecule has 2 saturated heterocycles. The number of hydrogen-bond acceptors (Lipinski definition) is 8. The van der Waals surface area contributed by atoms with Gasteiger partial charge in [0.15, 0.2) is 6.29 Å². The number of carbonyl (C=O) groups excluding carboxylic acids is 1. The number of aromatic nitrogens is 1. The van der Waals surface area contributed by atoms with E-state index in [1.807, 2.05) is 12.1 Å². The molecule has 0 saturated carbocycles. The van der Waals surface area contributed by atoms with Crippen LogP contribution in [-0.4, -0.2) is 72.8 Å². The first-order chi connectivity index (χ1) is 19.4. The standard InChI is InChI=1S/C29H33N3O7S/c33-28(32(34)39-29-6-1-2-17-38-29)12-7-23-13-14-31(22-23)40(35,36)27-10-8-25(9-11-27)26-5-3-4-24(20-26)21-30-15-18-37-19-16-30/h3-5,7-14,20,22,29,34H,1-2,6,15-19,21H2. The molecule has 11 heteroatoms. The summed E-state index contributed by atoms with van der Waals surface area (Å²) in [6.45, 7) is 4.68. The maximum absolute atomic E-state index is 13.2. The van der Waals surface area contributed by atoms with Crippen molar-refractivity contribution in [3.63, 3.8) is 0 Å². The van der Waals surface area contributed by atoms with Crippen LogP contribution in [0.3, 0.4) is 0 Å². The first kappa shape index (κ1) is 28.2. The van der Waals surface area contributed by atoms with Gasteiger partial charge in [-0.05, 0) is 65.4 Å². The molecule has 212 valence electrons. The highest BCUT2D eigenvalue weighted by atomic mass is 32.2. The monoisotopic (exact) mass is 567 g/mol. The summed E-state index contributed by atoms with van der Waals surface area (Å²) in [5.41, 5.74) is 3.60. The lowest BCUT2D eigenvalue weighted by molar-refractivity contribution is -0.376. The molecule has 0 spiro atoms. The van der Waals surface area contributed by atoms with Crippen LogP contribution in [0.5, 0.6) is 0 Å². The highest BCUT2D eigenvalue weighted by Gasteiger charge is 2.21. The van der Waals surface area contributed by atoms with Gasteiger partial charge < -0.3 is 9.47 Å². The average molecular weight is 568 g/mol. The summed E-state index contributed by atoms with van der Waals surface area (Å²) in [7, 11) is -3.84. The van der Waals surface area contributed by atoms with E-state index in [9.17, 15) is 18.4 Å². The van der Waals surface area contributed by atoms with Crippen LogP contribution in [0.4, 0.5) is 0 Å². The number of ether oxygens (including phenoxy) is 2. The minimum atomic E-state index is -3.84. The van der Waals surface area contributed by atoms with Gasteiger partial charge in [-0.25, -0.2) is 17.2 Å². The predicted octanol–water partition coefficient (Wildman–Crippen LogP) is 3.91. The van der Waals surface area contributed by atoms with Crippen LogP contribution in [0, 0.1) is 0 Å². The second-order valence-electron chi connectivity index (χ2n) is 9.74. The molecule has 10 nitrogen and oxygen atoms in total. The molecule has 1 N–H and O–H groups in total. The van der Waals surface area contributed by atoms with Crippen LogP contribution in [-0.2, 0) is 35.7 Å². The summed E-state index contributed by atoms with van der Waals surface area (Å²) in [5, 5.41) is 9.99. The smallest absolute Gasteiger partial charge is 0.296 e. The Kier molecular flexibility index (Phi) is 9.10. The van der Waals surface area contributed by atoms with E-state index in [0.29, 0.717) is 18.6 Å². The molecular formula is C29H33N3O7S. The maximum Gasteiger partial charge on any atom is 0.296 e. The number of hydroxylamine groups is 2. The molecule has 1 amide bonds. The molecule has 3 aromatic rings. The van der Waals surface area contributed by atoms with E-state index in [-0.39, 0.29) is 10.1 Å². The van der Waals surface area contributed by atoms with Crippen molar-refractivity contribution in [3.8, 4) is 11.1 Å². The topological polar surface area (TPSA) is 111 Å². The molecule has 2 aromatic carbocycles. The van der Waals surface area contributed by atoms with Crippen molar-refractivity contribution in [3.05, 3.63) is 84.2 Å². The highest BCUT2D eigenvalue weighted by molar-refractivity contribution is 7.90. The minimum absolute atomic E-state index is 0.139. The van der Waals surface area contributed by atoms with Crippen molar-refractivity contribution in [2.45, 2.75) is 37.0 Å². The Bertz CT molecular complexity index is 1420. The van der Waals surface area contributed by atoms with Crippen LogP contribution in [0.2, 0.25) is 0 Å². The number of benzene rings is 2. The van der Waals surface area contributed by atoms with Crippen LogP contribution in [0.25, 0.3) is 17.2 Å². The second kappa shape index (κ2) is 12.9. The lowest BCUT2D eigenvalue weighted by Gasteiger charge is -2.26. The Morgan fingerprint density at radius 3 is 2.60 bits per heavy atom. The Balaban J connectivity index is 1.22. The quantitative estimate of drug-likeness (QED) is 0.235. The molecule has 2 aliphatic heterocycles. The van der Waals surface area contributed by atoms with E-state index in [1.54, 1.807) is 30.3 Å².